The van der Waals surface area contributed by atoms with Crippen LogP contribution in [-0.4, -0.2) is 77.8 Å². The summed E-state index contributed by atoms with van der Waals surface area (Å²) in [4.78, 5) is 35.7. The summed E-state index contributed by atoms with van der Waals surface area (Å²) in [5.74, 6) is 0.124. The fourth-order valence-corrected chi connectivity index (χ4v) is 5.26. The lowest BCUT2D eigenvalue weighted by molar-refractivity contribution is -0.246. The molecule has 3 heterocycles. The summed E-state index contributed by atoms with van der Waals surface area (Å²) in [6.07, 6.45) is -3.12. The molecule has 1 aromatic carbocycles. The van der Waals surface area contributed by atoms with Gasteiger partial charge in [0.1, 0.15) is 11.9 Å². The molecule has 2 amide bonds. The van der Waals surface area contributed by atoms with Crippen molar-refractivity contribution >= 4 is 29.4 Å². The summed E-state index contributed by atoms with van der Waals surface area (Å²) in [5.41, 5.74) is -1.37. The molecule has 2 atom stereocenters. The second kappa shape index (κ2) is 11.5. The number of nitrogens with zero attached hydrogens (tertiary/aromatic N) is 5. The topological polar surface area (TPSA) is 89.8 Å². The molecule has 2 saturated heterocycles. The highest BCUT2D eigenvalue weighted by molar-refractivity contribution is 6.30. The Morgan fingerprint density at radius 1 is 1.10 bits per heavy atom. The van der Waals surface area contributed by atoms with E-state index in [9.17, 15) is 22.8 Å². The summed E-state index contributed by atoms with van der Waals surface area (Å²) in [6, 6.07) is 12.0. The van der Waals surface area contributed by atoms with E-state index in [-0.39, 0.29) is 24.3 Å². The van der Waals surface area contributed by atoms with Crippen LogP contribution in [0, 0.1) is 17.2 Å². The predicted molar refractivity (Wildman–Crippen MR) is 143 cm³/mol. The summed E-state index contributed by atoms with van der Waals surface area (Å²) in [5, 5.41) is 9.50. The lowest BCUT2D eigenvalue weighted by Crippen LogP contribution is -2.49. The fourth-order valence-electron chi connectivity index (χ4n) is 5.13. The number of nitriles is 1. The van der Waals surface area contributed by atoms with Crippen LogP contribution in [0.5, 0.6) is 0 Å². The number of piperidine rings is 1. The van der Waals surface area contributed by atoms with E-state index in [1.165, 1.54) is 18.1 Å². The highest BCUT2D eigenvalue weighted by Gasteiger charge is 2.52. The van der Waals surface area contributed by atoms with Crippen LogP contribution in [0.2, 0.25) is 5.02 Å². The molecule has 0 saturated carbocycles. The van der Waals surface area contributed by atoms with Gasteiger partial charge in [0.2, 0.25) is 11.5 Å². The third-order valence-electron chi connectivity index (χ3n) is 7.75. The Morgan fingerprint density at radius 2 is 1.75 bits per heavy atom. The van der Waals surface area contributed by atoms with Gasteiger partial charge in [-0.2, -0.15) is 18.4 Å². The van der Waals surface area contributed by atoms with Crippen molar-refractivity contribution in [3.63, 3.8) is 0 Å². The number of benzene rings is 1. The molecule has 8 nitrogen and oxygen atoms in total. The zero-order chi connectivity index (χ0) is 29.2. The van der Waals surface area contributed by atoms with E-state index in [0.29, 0.717) is 43.1 Å². The summed E-state index contributed by atoms with van der Waals surface area (Å²) < 4.78 is 45.0. The quantitative estimate of drug-likeness (QED) is 0.484. The highest BCUT2D eigenvalue weighted by Crippen LogP contribution is 2.37. The Kier molecular flexibility index (Phi) is 8.49. The van der Waals surface area contributed by atoms with Gasteiger partial charge < -0.3 is 19.4 Å². The number of hydrogen-bond donors (Lipinski definition) is 0. The molecular formula is C28H31ClF3N5O3. The maximum absolute atomic E-state index is 13.6. The van der Waals surface area contributed by atoms with E-state index in [4.69, 9.17) is 21.6 Å². The van der Waals surface area contributed by atoms with Gasteiger partial charge in [-0.05, 0) is 56.5 Å². The van der Waals surface area contributed by atoms with Crippen LogP contribution in [0.15, 0.2) is 42.6 Å². The van der Waals surface area contributed by atoms with Gasteiger partial charge in [0.15, 0.2) is 0 Å². The first-order valence-electron chi connectivity index (χ1n) is 13.0. The number of amides is 2. The smallest absolute Gasteiger partial charge is 0.427 e. The number of alkyl halides is 3. The van der Waals surface area contributed by atoms with E-state index >= 15 is 0 Å². The largest absolute Gasteiger partial charge is 0.434 e. The highest BCUT2D eigenvalue weighted by atomic mass is 35.5. The molecule has 2 fully saturated rings. The third kappa shape index (κ3) is 6.28. The molecule has 214 valence electrons. The summed E-state index contributed by atoms with van der Waals surface area (Å²) in [7, 11) is 1.40. The number of carbonyl (C=O) groups is 2. The number of rotatable bonds is 5. The van der Waals surface area contributed by atoms with E-state index in [1.807, 2.05) is 6.07 Å². The van der Waals surface area contributed by atoms with Crippen molar-refractivity contribution in [2.75, 3.05) is 38.1 Å². The van der Waals surface area contributed by atoms with Crippen molar-refractivity contribution in [2.24, 2.45) is 5.92 Å². The molecule has 2 aliphatic rings. The molecule has 0 radical (unpaired) electrons. The van der Waals surface area contributed by atoms with Crippen LogP contribution in [0.3, 0.4) is 0 Å². The Labute approximate surface area is 236 Å². The van der Waals surface area contributed by atoms with Gasteiger partial charge in [0, 0.05) is 56.3 Å². The van der Waals surface area contributed by atoms with Gasteiger partial charge >= 0.3 is 12.3 Å². The molecule has 0 N–H and O–H groups in total. The van der Waals surface area contributed by atoms with Crippen molar-refractivity contribution in [1.82, 2.24) is 14.8 Å². The average molecular weight is 578 g/mol. The van der Waals surface area contributed by atoms with E-state index in [0.717, 1.165) is 25.2 Å². The molecule has 0 aliphatic carbocycles. The second-order valence-corrected chi connectivity index (χ2v) is 11.2. The molecule has 0 bridgehead atoms. The van der Waals surface area contributed by atoms with Crippen LogP contribution >= 0.6 is 11.6 Å². The van der Waals surface area contributed by atoms with E-state index < -0.39 is 23.9 Å². The second-order valence-electron chi connectivity index (χ2n) is 10.7. The third-order valence-corrected chi connectivity index (χ3v) is 8.01. The molecule has 2 unspecified atom stereocenters. The minimum Gasteiger partial charge on any atom is -0.434 e. The zero-order valence-corrected chi connectivity index (χ0v) is 23.2. The Hall–Kier alpha value is -3.52. The first-order chi connectivity index (χ1) is 18.8. The van der Waals surface area contributed by atoms with Gasteiger partial charge in [0.25, 0.3) is 0 Å². The van der Waals surface area contributed by atoms with Crippen LogP contribution in [-0.2, 0) is 9.53 Å². The van der Waals surface area contributed by atoms with Crippen molar-refractivity contribution < 1.29 is 27.5 Å². The maximum Gasteiger partial charge on any atom is 0.427 e. The Bertz CT molecular complexity index is 1260. The first-order valence-corrected chi connectivity index (χ1v) is 13.4. The van der Waals surface area contributed by atoms with E-state index in [1.54, 1.807) is 41.3 Å². The molecular weight excluding hydrogens is 547 g/mol. The molecule has 40 heavy (non-hydrogen) atoms. The normalized spacial score (nSPS) is 20.2. The number of hydrogen-bond acceptors (Lipinski definition) is 6. The van der Waals surface area contributed by atoms with Gasteiger partial charge in [-0.15, -0.1) is 0 Å². The zero-order valence-electron chi connectivity index (χ0n) is 22.5. The number of anilines is 1. The molecule has 4 rings (SSSR count). The predicted octanol–water partition coefficient (Wildman–Crippen LogP) is 5.23. The number of ether oxygens (including phenoxy) is 1. The summed E-state index contributed by atoms with van der Waals surface area (Å²) >= 11 is 6.06. The number of aromatic nitrogens is 1. The number of carbonyl (C=O) groups excluding carboxylic acids is 2. The molecule has 0 spiro atoms. The SMILES string of the molecule is CN(C(=O)OC(C)(C)C(F)(F)F)C1CN(C(=O)C2CCN(c3ccc(C#N)cn3)CC2)CC1c1ccc(Cl)cc1. The molecule has 1 aromatic heterocycles. The average Bonchev–Trinajstić information content (AvgIpc) is 3.37. The molecule has 12 heteroatoms. The lowest BCUT2D eigenvalue weighted by atomic mass is 9.93. The summed E-state index contributed by atoms with van der Waals surface area (Å²) in [6.45, 7) is 3.32. The molecule has 2 aliphatic heterocycles. The van der Waals surface area contributed by atoms with Crippen LogP contribution in [0.4, 0.5) is 23.8 Å². The van der Waals surface area contributed by atoms with Crippen molar-refractivity contribution in [1.29, 1.82) is 5.26 Å². The number of likely N-dealkylation sites (tertiary alicyclic amines) is 1. The maximum atomic E-state index is 13.6. The van der Waals surface area contributed by atoms with Crippen molar-refractivity contribution in [2.45, 2.75) is 50.4 Å². The van der Waals surface area contributed by atoms with Crippen LogP contribution in [0.25, 0.3) is 0 Å². The monoisotopic (exact) mass is 577 g/mol. The van der Waals surface area contributed by atoms with Crippen molar-refractivity contribution in [3.8, 4) is 6.07 Å². The molecule has 2 aromatic rings. The van der Waals surface area contributed by atoms with Crippen LogP contribution in [0.1, 0.15) is 43.7 Å². The van der Waals surface area contributed by atoms with E-state index in [2.05, 4.69) is 9.88 Å². The number of halogens is 4. The standard InChI is InChI=1S/C28H31ClF3N5O3/c1-27(2,28(30,31)32)40-26(39)35(3)23-17-37(16-22(23)19-5-7-21(29)8-6-19)25(38)20-10-12-36(13-11-20)24-9-4-18(14-33)15-34-24/h4-9,15,20,22-23H,10-13,16-17H2,1-3H3. The first kappa shape index (κ1) is 29.5. The number of likely N-dealkylation sites (N-methyl/N-ethyl adjacent to an activating group) is 1. The number of pyridine rings is 1. The minimum absolute atomic E-state index is 0.0497. The Balaban J connectivity index is 1.47. The van der Waals surface area contributed by atoms with Gasteiger partial charge in [-0.25, -0.2) is 9.78 Å². The van der Waals surface area contributed by atoms with Crippen molar-refractivity contribution in [3.05, 3.63) is 58.7 Å². The van der Waals surface area contributed by atoms with Gasteiger partial charge in [-0.3, -0.25) is 4.79 Å². The minimum atomic E-state index is -4.74. The van der Waals surface area contributed by atoms with Gasteiger partial charge in [0.05, 0.1) is 11.6 Å². The van der Waals surface area contributed by atoms with Crippen LogP contribution < -0.4 is 4.90 Å². The lowest BCUT2D eigenvalue weighted by Gasteiger charge is -2.34. The Morgan fingerprint density at radius 3 is 2.30 bits per heavy atom. The van der Waals surface area contributed by atoms with Gasteiger partial charge in [-0.1, -0.05) is 23.7 Å². The fraction of sp³-hybridized carbons (Fsp3) is 0.500.